The molecule has 1 heterocycles. The fraction of sp³-hybridized carbons (Fsp3) is 0.571. The van der Waals surface area contributed by atoms with Gasteiger partial charge >= 0.3 is 0 Å². The van der Waals surface area contributed by atoms with Crippen molar-refractivity contribution in [3.05, 3.63) is 35.9 Å². The lowest BCUT2D eigenvalue weighted by Gasteiger charge is -2.35. The Morgan fingerprint density at radius 3 is 2.78 bits per heavy atom. The van der Waals surface area contributed by atoms with Gasteiger partial charge in [0.1, 0.15) is 12.4 Å². The Kier molecular flexibility index (Phi) is 5.13. The van der Waals surface area contributed by atoms with E-state index < -0.39 is 0 Å². The van der Waals surface area contributed by atoms with Crippen LogP contribution in [0.25, 0.3) is 0 Å². The summed E-state index contributed by atoms with van der Waals surface area (Å²) in [6, 6.07) is 10.0. The number of nitrogens with two attached hydrogens (primary N) is 1. The smallest absolute Gasteiger partial charge is 0.148 e. The molecule has 1 unspecified atom stereocenters. The first kappa shape index (κ1) is 13.5. The molecule has 2 rings (SSSR count). The van der Waals surface area contributed by atoms with Crippen molar-refractivity contribution in [1.29, 1.82) is 0 Å². The summed E-state index contributed by atoms with van der Waals surface area (Å²) in [4.78, 5) is 0. The highest BCUT2D eigenvalue weighted by molar-refractivity contribution is 5.13. The highest BCUT2D eigenvalue weighted by Crippen LogP contribution is 2.22. The van der Waals surface area contributed by atoms with Crippen LogP contribution >= 0.6 is 0 Å². The average Bonchev–Trinajstić information content (AvgIpc) is 2.46. The summed E-state index contributed by atoms with van der Waals surface area (Å²) >= 11 is 0. The summed E-state index contributed by atoms with van der Waals surface area (Å²) in [5.74, 6) is 0. The van der Waals surface area contributed by atoms with E-state index in [1.54, 1.807) is 0 Å². The van der Waals surface area contributed by atoms with Gasteiger partial charge in [-0.3, -0.25) is 0 Å². The zero-order chi connectivity index (χ0) is 12.7. The molecule has 0 saturated carbocycles. The minimum absolute atomic E-state index is 0.259. The minimum atomic E-state index is -0.352. The summed E-state index contributed by atoms with van der Waals surface area (Å²) in [6.07, 6.45) is 1.94. The molecule has 1 aliphatic heterocycles. The van der Waals surface area contributed by atoms with Crippen LogP contribution in [0.5, 0.6) is 0 Å². The second kappa shape index (κ2) is 6.85. The quantitative estimate of drug-likeness (QED) is 0.617. The molecule has 0 radical (unpaired) electrons. The first-order chi connectivity index (χ1) is 8.85. The molecule has 0 spiro atoms. The molecule has 0 aromatic heterocycles. The van der Waals surface area contributed by atoms with E-state index in [0.29, 0.717) is 19.8 Å². The van der Waals surface area contributed by atoms with Crippen molar-refractivity contribution in [3.8, 4) is 0 Å². The van der Waals surface area contributed by atoms with Gasteiger partial charge in [0.05, 0.1) is 13.2 Å². The minimum Gasteiger partial charge on any atom is -0.378 e. The molecule has 18 heavy (non-hydrogen) atoms. The Hall–Kier alpha value is -0.940. The third kappa shape index (κ3) is 3.78. The molecule has 2 N–H and O–H groups in total. The Labute approximate surface area is 108 Å². The van der Waals surface area contributed by atoms with Crippen molar-refractivity contribution in [2.45, 2.75) is 25.0 Å². The molecule has 100 valence electrons. The van der Waals surface area contributed by atoms with Gasteiger partial charge in [0.25, 0.3) is 0 Å². The first-order valence-electron chi connectivity index (χ1n) is 6.38. The lowest BCUT2D eigenvalue weighted by molar-refractivity contribution is -0.183. The van der Waals surface area contributed by atoms with E-state index in [1.165, 1.54) is 0 Å². The van der Waals surface area contributed by atoms with Crippen LogP contribution in [0.1, 0.15) is 18.4 Å². The molecule has 4 heteroatoms. The van der Waals surface area contributed by atoms with Crippen molar-refractivity contribution in [2.24, 2.45) is 5.73 Å². The Morgan fingerprint density at radius 2 is 2.11 bits per heavy atom. The predicted molar refractivity (Wildman–Crippen MR) is 69.0 cm³/mol. The van der Waals surface area contributed by atoms with Crippen LogP contribution in [0.4, 0.5) is 0 Å². The van der Waals surface area contributed by atoms with Crippen molar-refractivity contribution in [2.75, 3.05) is 26.6 Å². The van der Waals surface area contributed by atoms with Crippen LogP contribution in [0, 0.1) is 0 Å². The molecule has 1 aliphatic rings. The van der Waals surface area contributed by atoms with Crippen LogP contribution in [-0.2, 0) is 20.8 Å². The van der Waals surface area contributed by atoms with E-state index in [2.05, 4.69) is 0 Å². The molecule has 0 amide bonds. The molecule has 1 aromatic rings. The van der Waals surface area contributed by atoms with Gasteiger partial charge < -0.3 is 19.9 Å². The molecular weight excluding hydrogens is 230 g/mol. The second-order valence-corrected chi connectivity index (χ2v) is 4.64. The van der Waals surface area contributed by atoms with Gasteiger partial charge in [0.2, 0.25) is 0 Å². The van der Waals surface area contributed by atoms with E-state index in [0.717, 1.165) is 25.0 Å². The first-order valence-corrected chi connectivity index (χ1v) is 6.38. The molecule has 4 nitrogen and oxygen atoms in total. The van der Waals surface area contributed by atoms with Gasteiger partial charge in [-0.15, -0.1) is 0 Å². The maximum atomic E-state index is 5.77. The molecular formula is C14H21NO3. The highest BCUT2D eigenvalue weighted by Gasteiger charge is 2.32. The monoisotopic (exact) mass is 251 g/mol. The number of hydrogen-bond donors (Lipinski definition) is 1. The largest absolute Gasteiger partial charge is 0.378 e. The maximum absolute atomic E-state index is 5.77. The third-order valence-corrected chi connectivity index (χ3v) is 3.22. The van der Waals surface area contributed by atoms with E-state index in [9.17, 15) is 0 Å². The van der Waals surface area contributed by atoms with Gasteiger partial charge in [0, 0.05) is 13.2 Å². The fourth-order valence-corrected chi connectivity index (χ4v) is 2.06. The third-order valence-electron chi connectivity index (χ3n) is 3.22. The van der Waals surface area contributed by atoms with Gasteiger partial charge in [-0.2, -0.15) is 0 Å². The van der Waals surface area contributed by atoms with Gasteiger partial charge in [0.15, 0.2) is 0 Å². The Balaban J connectivity index is 1.71. The number of hydrogen-bond acceptors (Lipinski definition) is 4. The molecule has 1 aromatic carbocycles. The van der Waals surface area contributed by atoms with Crippen molar-refractivity contribution in [1.82, 2.24) is 0 Å². The van der Waals surface area contributed by atoms with Gasteiger partial charge in [-0.1, -0.05) is 30.3 Å². The number of rotatable bonds is 6. The summed E-state index contributed by atoms with van der Waals surface area (Å²) in [6.45, 7) is 2.66. The van der Waals surface area contributed by atoms with Gasteiger partial charge in [-0.25, -0.2) is 0 Å². The van der Waals surface area contributed by atoms with Gasteiger partial charge in [-0.05, 0) is 18.4 Å². The summed E-state index contributed by atoms with van der Waals surface area (Å²) in [5, 5.41) is 0. The van der Waals surface area contributed by atoms with E-state index in [-0.39, 0.29) is 12.4 Å². The molecule has 1 saturated heterocycles. The van der Waals surface area contributed by atoms with E-state index in [1.807, 2.05) is 30.3 Å². The lowest BCUT2D eigenvalue weighted by Crippen LogP contribution is -2.48. The van der Waals surface area contributed by atoms with Crippen LogP contribution in [-0.4, -0.2) is 32.2 Å². The Bertz CT molecular complexity index is 336. The number of ether oxygens (including phenoxy) is 3. The van der Waals surface area contributed by atoms with Crippen molar-refractivity contribution >= 4 is 0 Å². The summed E-state index contributed by atoms with van der Waals surface area (Å²) in [7, 11) is 0. The zero-order valence-corrected chi connectivity index (χ0v) is 10.6. The van der Waals surface area contributed by atoms with E-state index in [4.69, 9.17) is 19.9 Å². The summed E-state index contributed by atoms with van der Waals surface area (Å²) in [5.41, 5.74) is 6.56. The molecule has 0 bridgehead atoms. The molecule has 0 aliphatic carbocycles. The number of benzene rings is 1. The average molecular weight is 251 g/mol. The maximum Gasteiger partial charge on any atom is 0.148 e. The molecule has 1 atom stereocenters. The van der Waals surface area contributed by atoms with Crippen molar-refractivity contribution < 1.29 is 14.2 Å². The van der Waals surface area contributed by atoms with E-state index >= 15 is 0 Å². The SMILES string of the molecule is NCC1(OCOCc2ccccc2)CCCOC1. The second-order valence-electron chi connectivity index (χ2n) is 4.64. The zero-order valence-electron chi connectivity index (χ0n) is 10.6. The van der Waals surface area contributed by atoms with Crippen LogP contribution < -0.4 is 5.73 Å². The fourth-order valence-electron chi connectivity index (χ4n) is 2.06. The highest BCUT2D eigenvalue weighted by atomic mass is 16.7. The van der Waals surface area contributed by atoms with Crippen molar-refractivity contribution in [3.63, 3.8) is 0 Å². The topological polar surface area (TPSA) is 53.7 Å². The molecule has 1 fully saturated rings. The van der Waals surface area contributed by atoms with Crippen LogP contribution in [0.15, 0.2) is 30.3 Å². The lowest BCUT2D eigenvalue weighted by atomic mass is 9.97. The van der Waals surface area contributed by atoms with Crippen LogP contribution in [0.2, 0.25) is 0 Å². The predicted octanol–water partition coefficient (Wildman–Crippen LogP) is 1.69. The summed E-state index contributed by atoms with van der Waals surface area (Å²) < 4.78 is 16.7. The van der Waals surface area contributed by atoms with Crippen LogP contribution in [0.3, 0.4) is 0 Å². The Morgan fingerprint density at radius 1 is 1.28 bits per heavy atom. The normalized spacial score (nSPS) is 24.1. The standard InChI is InChI=1S/C14H21NO3/c15-10-14(7-4-8-16-11-14)18-12-17-9-13-5-2-1-3-6-13/h1-3,5-6H,4,7-12,15H2.